The van der Waals surface area contributed by atoms with Gasteiger partial charge in [-0.25, -0.2) is 4.79 Å². The minimum absolute atomic E-state index is 0.310. The van der Waals surface area contributed by atoms with Gasteiger partial charge in [0.25, 0.3) is 5.91 Å². The summed E-state index contributed by atoms with van der Waals surface area (Å²) in [5.74, 6) is -0.657. The maximum atomic E-state index is 11.4. The van der Waals surface area contributed by atoms with E-state index in [1.165, 1.54) is 7.11 Å². The first-order valence-corrected chi connectivity index (χ1v) is 6.30. The molecule has 20 heavy (non-hydrogen) atoms. The number of benzene rings is 1. The van der Waals surface area contributed by atoms with Crippen LogP contribution < -0.4 is 10.1 Å². The molecule has 0 aliphatic rings. The van der Waals surface area contributed by atoms with E-state index in [1.807, 2.05) is 0 Å². The van der Waals surface area contributed by atoms with Gasteiger partial charge in [0, 0.05) is 13.7 Å². The highest BCUT2D eigenvalue weighted by Gasteiger charge is 2.09. The Morgan fingerprint density at radius 3 is 2.70 bits per heavy atom. The largest absolute Gasteiger partial charge is 0.480 e. The summed E-state index contributed by atoms with van der Waals surface area (Å²) in [5, 5.41) is 2.92. The van der Waals surface area contributed by atoms with Gasteiger partial charge in [-0.1, -0.05) is 23.7 Å². The third-order valence-electron chi connectivity index (χ3n) is 2.17. The molecule has 0 aliphatic carbocycles. The van der Waals surface area contributed by atoms with Crippen LogP contribution in [0.25, 0.3) is 0 Å². The summed E-state index contributed by atoms with van der Waals surface area (Å²) in [5.41, 5.74) is 0. The molecule has 0 radical (unpaired) electrons. The first kappa shape index (κ1) is 16.3. The first-order chi connectivity index (χ1) is 9.63. The number of carbonyl (C=O) groups excluding carboxylic acids is 2. The van der Waals surface area contributed by atoms with Crippen LogP contribution >= 0.6 is 11.6 Å². The second-order valence-electron chi connectivity index (χ2n) is 3.72. The minimum atomic E-state index is -0.646. The fourth-order valence-corrected chi connectivity index (χ4v) is 1.42. The Kier molecular flexibility index (Phi) is 7.46. The monoisotopic (exact) mass is 301 g/mol. The van der Waals surface area contributed by atoms with Crippen molar-refractivity contribution in [3.05, 3.63) is 29.3 Å². The Morgan fingerprint density at radius 2 is 2.00 bits per heavy atom. The second-order valence-corrected chi connectivity index (χ2v) is 4.13. The molecular weight excluding hydrogens is 286 g/mol. The van der Waals surface area contributed by atoms with E-state index in [0.717, 1.165) is 0 Å². The van der Waals surface area contributed by atoms with E-state index in [4.69, 9.17) is 25.8 Å². The maximum absolute atomic E-state index is 11.4. The molecule has 0 saturated heterocycles. The summed E-state index contributed by atoms with van der Waals surface area (Å²) < 4.78 is 14.7. The number of methoxy groups -OCH3 is 1. The van der Waals surface area contributed by atoms with E-state index in [0.29, 0.717) is 23.9 Å². The fourth-order valence-electron chi connectivity index (χ4n) is 1.23. The van der Waals surface area contributed by atoms with Gasteiger partial charge in [-0.2, -0.15) is 0 Å². The molecule has 1 aromatic rings. The summed E-state index contributed by atoms with van der Waals surface area (Å²) >= 11 is 5.85. The molecular formula is C13H16ClNO5. The van der Waals surface area contributed by atoms with Crippen molar-refractivity contribution < 1.29 is 23.8 Å². The highest BCUT2D eigenvalue weighted by atomic mass is 35.5. The molecule has 7 heteroatoms. The van der Waals surface area contributed by atoms with Crippen molar-refractivity contribution in [3.8, 4) is 5.75 Å². The number of hydrogen-bond donors (Lipinski definition) is 1. The summed E-state index contributed by atoms with van der Waals surface area (Å²) in [6.07, 6.45) is 0. The van der Waals surface area contributed by atoms with Crippen LogP contribution in [0, 0.1) is 0 Å². The van der Waals surface area contributed by atoms with Gasteiger partial charge in [0.1, 0.15) is 5.75 Å². The molecule has 0 fully saturated rings. The number of halogens is 1. The molecule has 1 amide bonds. The molecule has 0 unspecified atom stereocenters. The zero-order chi connectivity index (χ0) is 14.8. The molecule has 0 spiro atoms. The molecule has 0 aromatic heterocycles. The van der Waals surface area contributed by atoms with Crippen molar-refractivity contribution in [2.45, 2.75) is 0 Å². The van der Waals surface area contributed by atoms with Gasteiger partial charge in [0.15, 0.2) is 13.2 Å². The lowest BCUT2D eigenvalue weighted by atomic mass is 10.3. The zero-order valence-corrected chi connectivity index (χ0v) is 11.8. The quantitative estimate of drug-likeness (QED) is 0.573. The third kappa shape index (κ3) is 6.40. The summed E-state index contributed by atoms with van der Waals surface area (Å²) in [4.78, 5) is 22.6. The van der Waals surface area contributed by atoms with Crippen molar-refractivity contribution in [1.29, 1.82) is 0 Å². The number of carbonyl (C=O) groups is 2. The molecule has 110 valence electrons. The van der Waals surface area contributed by atoms with Crippen LogP contribution in [-0.2, 0) is 19.1 Å². The number of amides is 1. The summed E-state index contributed by atoms with van der Waals surface area (Å²) in [6, 6.07) is 6.76. The van der Waals surface area contributed by atoms with Gasteiger partial charge >= 0.3 is 5.97 Å². The predicted octanol–water partition coefficient (Wildman–Crippen LogP) is 1.02. The van der Waals surface area contributed by atoms with E-state index >= 15 is 0 Å². The summed E-state index contributed by atoms with van der Waals surface area (Å²) in [6.45, 7) is 0.0990. The minimum Gasteiger partial charge on any atom is -0.480 e. The highest BCUT2D eigenvalue weighted by molar-refractivity contribution is 6.32. The van der Waals surface area contributed by atoms with Gasteiger partial charge in [0.2, 0.25) is 0 Å². The molecule has 0 bridgehead atoms. The van der Waals surface area contributed by atoms with Crippen LogP contribution in [-0.4, -0.2) is 45.4 Å². The number of rotatable bonds is 8. The van der Waals surface area contributed by atoms with E-state index in [2.05, 4.69) is 5.32 Å². The van der Waals surface area contributed by atoms with Crippen molar-refractivity contribution in [1.82, 2.24) is 5.32 Å². The van der Waals surface area contributed by atoms with Gasteiger partial charge < -0.3 is 19.5 Å². The zero-order valence-electron chi connectivity index (χ0n) is 11.1. The number of hydrogen-bond acceptors (Lipinski definition) is 5. The Bertz CT molecular complexity index is 452. The van der Waals surface area contributed by atoms with Gasteiger partial charge in [-0.05, 0) is 12.1 Å². The Hall–Kier alpha value is -1.79. The van der Waals surface area contributed by atoms with Crippen molar-refractivity contribution >= 4 is 23.5 Å². The number of para-hydroxylation sites is 1. The van der Waals surface area contributed by atoms with Gasteiger partial charge in [-0.15, -0.1) is 0 Å². The van der Waals surface area contributed by atoms with Crippen molar-refractivity contribution in [3.63, 3.8) is 0 Å². The van der Waals surface area contributed by atoms with Crippen molar-refractivity contribution in [2.75, 3.05) is 33.5 Å². The van der Waals surface area contributed by atoms with E-state index in [-0.39, 0.29) is 13.2 Å². The lowest BCUT2D eigenvalue weighted by Crippen LogP contribution is -2.32. The Balaban J connectivity index is 2.21. The average molecular weight is 302 g/mol. The molecule has 6 nitrogen and oxygen atoms in total. The SMILES string of the molecule is COCCNC(=O)COC(=O)COc1ccccc1Cl. The van der Waals surface area contributed by atoms with Crippen LogP contribution in [0.3, 0.4) is 0 Å². The molecule has 1 rings (SSSR count). The number of esters is 1. The average Bonchev–Trinajstić information content (AvgIpc) is 2.44. The third-order valence-corrected chi connectivity index (χ3v) is 2.49. The molecule has 0 atom stereocenters. The number of ether oxygens (including phenoxy) is 3. The predicted molar refractivity (Wildman–Crippen MR) is 72.8 cm³/mol. The number of nitrogens with one attached hydrogen (secondary N) is 1. The van der Waals surface area contributed by atoms with Crippen LogP contribution in [0.4, 0.5) is 0 Å². The molecule has 1 N–H and O–H groups in total. The van der Waals surface area contributed by atoms with Crippen LogP contribution in [0.15, 0.2) is 24.3 Å². The molecule has 1 aromatic carbocycles. The lowest BCUT2D eigenvalue weighted by molar-refractivity contribution is -0.150. The lowest BCUT2D eigenvalue weighted by Gasteiger charge is -2.08. The van der Waals surface area contributed by atoms with Crippen LogP contribution in [0.5, 0.6) is 5.75 Å². The van der Waals surface area contributed by atoms with Gasteiger partial charge in [0.05, 0.1) is 11.6 Å². The standard InChI is InChI=1S/C13H16ClNO5/c1-18-7-6-15-12(16)8-20-13(17)9-19-11-5-3-2-4-10(11)14/h2-5H,6-9H2,1H3,(H,15,16). The summed E-state index contributed by atoms with van der Waals surface area (Å²) in [7, 11) is 1.53. The first-order valence-electron chi connectivity index (χ1n) is 5.92. The maximum Gasteiger partial charge on any atom is 0.344 e. The van der Waals surface area contributed by atoms with Gasteiger partial charge in [-0.3, -0.25) is 4.79 Å². The smallest absolute Gasteiger partial charge is 0.344 e. The fraction of sp³-hybridized carbons (Fsp3) is 0.385. The highest BCUT2D eigenvalue weighted by Crippen LogP contribution is 2.22. The van der Waals surface area contributed by atoms with E-state index < -0.39 is 11.9 Å². The van der Waals surface area contributed by atoms with Crippen molar-refractivity contribution in [2.24, 2.45) is 0 Å². The topological polar surface area (TPSA) is 73.9 Å². The van der Waals surface area contributed by atoms with Crippen LogP contribution in [0.1, 0.15) is 0 Å². The van der Waals surface area contributed by atoms with E-state index in [9.17, 15) is 9.59 Å². The molecule has 0 aliphatic heterocycles. The Labute approximate surface area is 122 Å². The second kappa shape index (κ2) is 9.17. The van der Waals surface area contributed by atoms with Crippen LogP contribution in [0.2, 0.25) is 5.02 Å². The molecule has 0 heterocycles. The normalized spacial score (nSPS) is 9.90. The molecule has 0 saturated carbocycles. The van der Waals surface area contributed by atoms with E-state index in [1.54, 1.807) is 24.3 Å². The Morgan fingerprint density at radius 1 is 1.25 bits per heavy atom.